The molecule has 0 spiro atoms. The zero-order valence-electron chi connectivity index (χ0n) is 7.07. The number of hydrogen-bond acceptors (Lipinski definition) is 3. The molecular formula is C7H14O3S. The highest BCUT2D eigenvalue weighted by molar-refractivity contribution is 7.86. The van der Waals surface area contributed by atoms with Gasteiger partial charge in [-0.25, -0.2) is 0 Å². The van der Waals surface area contributed by atoms with Crippen LogP contribution in [0.3, 0.4) is 0 Å². The molecule has 0 aliphatic carbocycles. The van der Waals surface area contributed by atoms with Crippen molar-refractivity contribution >= 4 is 10.1 Å². The minimum atomic E-state index is -3.33. The monoisotopic (exact) mass is 178 g/mol. The maximum atomic E-state index is 10.9. The number of allylic oxidation sites excluding steroid dienone is 1. The highest BCUT2D eigenvalue weighted by atomic mass is 32.2. The summed E-state index contributed by atoms with van der Waals surface area (Å²) in [5.41, 5.74) is 0. The van der Waals surface area contributed by atoms with E-state index in [1.54, 1.807) is 32.9 Å². The van der Waals surface area contributed by atoms with E-state index >= 15 is 0 Å². The topological polar surface area (TPSA) is 43.4 Å². The van der Waals surface area contributed by atoms with Gasteiger partial charge in [0.25, 0.3) is 10.1 Å². The Morgan fingerprint density at radius 2 is 2.00 bits per heavy atom. The van der Waals surface area contributed by atoms with Gasteiger partial charge in [-0.1, -0.05) is 12.2 Å². The van der Waals surface area contributed by atoms with E-state index in [-0.39, 0.29) is 11.9 Å². The van der Waals surface area contributed by atoms with Crippen LogP contribution in [0.25, 0.3) is 0 Å². The van der Waals surface area contributed by atoms with Gasteiger partial charge < -0.3 is 0 Å². The van der Waals surface area contributed by atoms with Crippen LogP contribution in [0, 0.1) is 0 Å². The van der Waals surface area contributed by atoms with Gasteiger partial charge in [0.15, 0.2) is 0 Å². The van der Waals surface area contributed by atoms with Crippen LogP contribution in [0.15, 0.2) is 12.2 Å². The second kappa shape index (κ2) is 4.51. The average Bonchev–Trinajstić information content (AvgIpc) is 1.81. The predicted octanol–water partition coefficient (Wildman–Crippen LogP) is 1.32. The van der Waals surface area contributed by atoms with Crippen LogP contribution in [-0.2, 0) is 14.3 Å². The van der Waals surface area contributed by atoms with Crippen molar-refractivity contribution in [3.8, 4) is 0 Å². The molecule has 0 unspecified atom stereocenters. The largest absolute Gasteiger partial charge is 0.271 e. The summed E-state index contributed by atoms with van der Waals surface area (Å²) >= 11 is 0. The third kappa shape index (κ3) is 6.06. The van der Waals surface area contributed by atoms with Crippen molar-refractivity contribution in [3.63, 3.8) is 0 Å². The third-order valence-electron chi connectivity index (χ3n) is 0.875. The van der Waals surface area contributed by atoms with Crippen LogP contribution >= 0.6 is 0 Å². The molecule has 0 saturated heterocycles. The summed E-state index contributed by atoms with van der Waals surface area (Å²) in [4.78, 5) is 0. The van der Waals surface area contributed by atoms with Crippen molar-refractivity contribution in [2.45, 2.75) is 26.9 Å². The fraction of sp³-hybridized carbons (Fsp3) is 0.714. The quantitative estimate of drug-likeness (QED) is 0.481. The maximum Gasteiger partial charge on any atom is 0.271 e. The van der Waals surface area contributed by atoms with Crippen molar-refractivity contribution in [2.24, 2.45) is 0 Å². The molecule has 0 aromatic rings. The Bertz CT molecular complexity index is 214. The second-order valence-electron chi connectivity index (χ2n) is 2.44. The molecule has 0 aromatic carbocycles. The molecular weight excluding hydrogens is 164 g/mol. The van der Waals surface area contributed by atoms with E-state index in [1.807, 2.05) is 0 Å². The molecule has 66 valence electrons. The molecule has 0 saturated carbocycles. The van der Waals surface area contributed by atoms with Gasteiger partial charge >= 0.3 is 0 Å². The average molecular weight is 178 g/mol. The van der Waals surface area contributed by atoms with Gasteiger partial charge in [-0.2, -0.15) is 8.42 Å². The van der Waals surface area contributed by atoms with E-state index in [0.29, 0.717) is 0 Å². The molecule has 11 heavy (non-hydrogen) atoms. The van der Waals surface area contributed by atoms with E-state index in [4.69, 9.17) is 0 Å². The molecule has 0 rings (SSSR count). The molecule has 0 amide bonds. The van der Waals surface area contributed by atoms with Crippen molar-refractivity contribution in [1.29, 1.82) is 0 Å². The minimum Gasteiger partial charge on any atom is -0.267 e. The normalized spacial score (nSPS) is 13.1. The molecule has 0 N–H and O–H groups in total. The lowest BCUT2D eigenvalue weighted by Crippen LogP contribution is -2.14. The molecule has 0 atom stereocenters. The Hall–Kier alpha value is -0.350. The van der Waals surface area contributed by atoms with Crippen LogP contribution in [0.1, 0.15) is 20.8 Å². The Morgan fingerprint density at radius 1 is 1.45 bits per heavy atom. The molecule has 4 heteroatoms. The van der Waals surface area contributed by atoms with Crippen molar-refractivity contribution in [1.82, 2.24) is 0 Å². The van der Waals surface area contributed by atoms with Crippen LogP contribution in [-0.4, -0.2) is 20.3 Å². The SMILES string of the molecule is CC=CCS(=O)(=O)OC(C)C. The summed E-state index contributed by atoms with van der Waals surface area (Å²) in [5, 5.41) is 0. The first kappa shape index (κ1) is 10.7. The standard InChI is InChI=1S/C7H14O3S/c1-4-5-6-11(8,9)10-7(2)3/h4-5,7H,6H2,1-3H3. The third-order valence-corrected chi connectivity index (χ3v) is 2.15. The van der Waals surface area contributed by atoms with Crippen molar-refractivity contribution in [3.05, 3.63) is 12.2 Å². The second-order valence-corrected chi connectivity index (χ2v) is 4.08. The van der Waals surface area contributed by atoms with Gasteiger partial charge in [-0.05, 0) is 20.8 Å². The number of rotatable bonds is 4. The molecule has 3 nitrogen and oxygen atoms in total. The maximum absolute atomic E-state index is 10.9. The van der Waals surface area contributed by atoms with Gasteiger partial charge in [0, 0.05) is 0 Å². The molecule has 0 aliphatic rings. The Balaban J connectivity index is 4.02. The Labute approximate surface area is 68.2 Å². The summed E-state index contributed by atoms with van der Waals surface area (Å²) < 4.78 is 26.5. The summed E-state index contributed by atoms with van der Waals surface area (Å²) in [5.74, 6) is -0.0400. The first-order chi connectivity index (χ1) is 4.98. The lowest BCUT2D eigenvalue weighted by atomic mass is 10.5. The molecule has 0 fully saturated rings. The number of hydrogen-bond donors (Lipinski definition) is 0. The first-order valence-electron chi connectivity index (χ1n) is 3.50. The fourth-order valence-corrected chi connectivity index (χ4v) is 1.64. The van der Waals surface area contributed by atoms with Gasteiger partial charge in [0.05, 0.1) is 11.9 Å². The van der Waals surface area contributed by atoms with Crippen LogP contribution in [0.5, 0.6) is 0 Å². The summed E-state index contributed by atoms with van der Waals surface area (Å²) in [7, 11) is -3.33. The van der Waals surface area contributed by atoms with E-state index in [1.165, 1.54) is 0 Å². The summed E-state index contributed by atoms with van der Waals surface area (Å²) in [6.45, 7) is 5.14. The van der Waals surface area contributed by atoms with Crippen LogP contribution in [0.2, 0.25) is 0 Å². The molecule has 0 heterocycles. The van der Waals surface area contributed by atoms with Gasteiger partial charge in [-0.3, -0.25) is 4.18 Å². The predicted molar refractivity (Wildman–Crippen MR) is 44.8 cm³/mol. The summed E-state index contributed by atoms with van der Waals surface area (Å²) in [6, 6.07) is 0. The van der Waals surface area contributed by atoms with E-state index < -0.39 is 10.1 Å². The van der Waals surface area contributed by atoms with Crippen LogP contribution in [0.4, 0.5) is 0 Å². The Morgan fingerprint density at radius 3 is 2.36 bits per heavy atom. The highest BCUT2D eigenvalue weighted by Crippen LogP contribution is 1.99. The zero-order chi connectivity index (χ0) is 8.91. The lowest BCUT2D eigenvalue weighted by Gasteiger charge is -2.05. The molecule has 0 bridgehead atoms. The first-order valence-corrected chi connectivity index (χ1v) is 5.08. The van der Waals surface area contributed by atoms with Crippen molar-refractivity contribution < 1.29 is 12.6 Å². The van der Waals surface area contributed by atoms with Crippen molar-refractivity contribution in [2.75, 3.05) is 5.75 Å². The van der Waals surface area contributed by atoms with E-state index in [9.17, 15) is 8.42 Å². The lowest BCUT2D eigenvalue weighted by molar-refractivity contribution is 0.250. The minimum absolute atomic E-state index is 0.0400. The van der Waals surface area contributed by atoms with Gasteiger partial charge in [-0.15, -0.1) is 0 Å². The van der Waals surface area contributed by atoms with E-state index in [0.717, 1.165) is 0 Å². The summed E-state index contributed by atoms with van der Waals surface area (Å²) in [6.07, 6.45) is 2.96. The molecule has 0 radical (unpaired) electrons. The highest BCUT2D eigenvalue weighted by Gasteiger charge is 2.10. The smallest absolute Gasteiger partial charge is 0.267 e. The molecule has 0 aliphatic heterocycles. The Kier molecular flexibility index (Phi) is 4.37. The van der Waals surface area contributed by atoms with Gasteiger partial charge in [0.2, 0.25) is 0 Å². The zero-order valence-corrected chi connectivity index (χ0v) is 7.89. The molecule has 0 aromatic heterocycles. The van der Waals surface area contributed by atoms with Gasteiger partial charge in [0.1, 0.15) is 0 Å². The van der Waals surface area contributed by atoms with Crippen LogP contribution < -0.4 is 0 Å². The van der Waals surface area contributed by atoms with E-state index in [2.05, 4.69) is 4.18 Å². The fourth-order valence-electron chi connectivity index (χ4n) is 0.547.